The number of hydrogen-bond donors (Lipinski definition) is 2. The molecule has 0 aliphatic heterocycles. The van der Waals surface area contributed by atoms with Gasteiger partial charge in [0.05, 0.1) is 54.1 Å². The van der Waals surface area contributed by atoms with Crippen LogP contribution in [0.25, 0.3) is 21.0 Å². The average Bonchev–Trinajstić information content (AvgIpc) is 3.31. The number of carbonyl (C=O) groups is 1. The second-order valence-electron chi connectivity index (χ2n) is 8.36. The third kappa shape index (κ3) is 4.34. The number of amides is 1. The molecule has 36 heavy (non-hydrogen) atoms. The van der Waals surface area contributed by atoms with Crippen molar-refractivity contribution >= 4 is 38.2 Å². The fraction of sp³-hybridized carbons (Fsp3) is 0.185. The molecular formula is C27H24N4O4S. The summed E-state index contributed by atoms with van der Waals surface area (Å²) in [5.41, 5.74) is 2.48. The number of aliphatic hydroxyl groups is 1. The van der Waals surface area contributed by atoms with E-state index in [1.807, 2.05) is 61.5 Å². The van der Waals surface area contributed by atoms with Crippen molar-refractivity contribution in [3.8, 4) is 5.75 Å². The fourth-order valence-corrected chi connectivity index (χ4v) is 5.40. The van der Waals surface area contributed by atoms with Gasteiger partial charge in [-0.1, -0.05) is 48.5 Å². The van der Waals surface area contributed by atoms with Gasteiger partial charge in [0.2, 0.25) is 0 Å². The van der Waals surface area contributed by atoms with E-state index >= 15 is 0 Å². The zero-order valence-corrected chi connectivity index (χ0v) is 20.6. The molecule has 1 unspecified atom stereocenters. The lowest BCUT2D eigenvalue weighted by Crippen LogP contribution is -2.24. The molecule has 0 spiro atoms. The number of fused-ring (bicyclic) bond motifs is 3. The van der Waals surface area contributed by atoms with Crippen molar-refractivity contribution in [2.24, 2.45) is 0 Å². The highest BCUT2D eigenvalue weighted by Crippen LogP contribution is 2.39. The van der Waals surface area contributed by atoms with Gasteiger partial charge in [0.25, 0.3) is 11.5 Å². The summed E-state index contributed by atoms with van der Waals surface area (Å²) in [4.78, 5) is 35.7. The second-order valence-corrected chi connectivity index (χ2v) is 9.38. The van der Waals surface area contributed by atoms with Gasteiger partial charge in [-0.25, -0.2) is 0 Å². The largest absolute Gasteiger partial charge is 0.494 e. The molecule has 0 radical (unpaired) electrons. The van der Waals surface area contributed by atoms with E-state index in [-0.39, 0.29) is 30.3 Å². The summed E-state index contributed by atoms with van der Waals surface area (Å²) in [7, 11) is 1.45. The summed E-state index contributed by atoms with van der Waals surface area (Å²) in [6, 6.07) is 16.7. The predicted molar refractivity (Wildman–Crippen MR) is 139 cm³/mol. The van der Waals surface area contributed by atoms with Crippen LogP contribution in [0.4, 0.5) is 0 Å². The van der Waals surface area contributed by atoms with Crippen LogP contribution in [0.15, 0.2) is 71.8 Å². The first-order chi connectivity index (χ1) is 17.5. The van der Waals surface area contributed by atoms with E-state index in [1.54, 1.807) is 17.0 Å². The number of benzene rings is 2. The molecule has 3 aromatic heterocycles. The van der Waals surface area contributed by atoms with Gasteiger partial charge in [-0.2, -0.15) is 0 Å². The lowest BCUT2D eigenvalue weighted by atomic mass is 10.1. The fourth-order valence-electron chi connectivity index (χ4n) is 4.19. The number of aliphatic hydroxyl groups excluding tert-OH is 1. The Hall–Kier alpha value is -4.08. The molecule has 0 aliphatic carbocycles. The Morgan fingerprint density at radius 1 is 1.11 bits per heavy atom. The van der Waals surface area contributed by atoms with Crippen LogP contribution in [-0.2, 0) is 13.1 Å². The van der Waals surface area contributed by atoms with Crippen LogP contribution in [0.5, 0.6) is 5.75 Å². The number of pyridine rings is 1. The Labute approximate surface area is 210 Å². The smallest absolute Gasteiger partial charge is 0.265 e. The van der Waals surface area contributed by atoms with E-state index in [2.05, 4.69) is 15.3 Å². The maximum absolute atomic E-state index is 13.8. The van der Waals surface area contributed by atoms with Gasteiger partial charge in [0.15, 0.2) is 5.75 Å². The van der Waals surface area contributed by atoms with Crippen LogP contribution < -0.4 is 15.6 Å². The number of aryl methyl sites for hydroxylation is 1. The summed E-state index contributed by atoms with van der Waals surface area (Å²) < 4.78 is 7.82. The Kier molecular flexibility index (Phi) is 6.49. The summed E-state index contributed by atoms with van der Waals surface area (Å²) in [6.45, 7) is 2.09. The molecule has 0 saturated carbocycles. The molecule has 1 amide bonds. The van der Waals surface area contributed by atoms with Gasteiger partial charge < -0.3 is 19.7 Å². The minimum absolute atomic E-state index is 0.0614. The molecule has 0 aliphatic rings. The number of ether oxygens (including phenoxy) is 1. The lowest BCUT2D eigenvalue weighted by Gasteiger charge is -2.16. The zero-order chi connectivity index (χ0) is 25.2. The highest BCUT2D eigenvalue weighted by molar-refractivity contribution is 7.22. The first-order valence-electron chi connectivity index (χ1n) is 11.4. The first-order valence-corrected chi connectivity index (χ1v) is 12.2. The number of hydrogen-bond acceptors (Lipinski definition) is 7. The Morgan fingerprint density at radius 2 is 1.86 bits per heavy atom. The van der Waals surface area contributed by atoms with Crippen molar-refractivity contribution in [1.82, 2.24) is 19.9 Å². The van der Waals surface area contributed by atoms with Crippen molar-refractivity contribution in [3.05, 3.63) is 99.2 Å². The highest BCUT2D eigenvalue weighted by atomic mass is 32.1. The molecule has 2 aromatic carbocycles. The second kappa shape index (κ2) is 9.88. The number of nitrogens with zero attached hydrogens (tertiary/aromatic N) is 3. The maximum Gasteiger partial charge on any atom is 0.265 e. The highest BCUT2D eigenvalue weighted by Gasteiger charge is 2.25. The number of methoxy groups -OCH3 is 1. The normalized spacial score (nSPS) is 12.1. The van der Waals surface area contributed by atoms with E-state index in [1.165, 1.54) is 18.4 Å². The monoisotopic (exact) mass is 500 g/mol. The molecule has 5 rings (SSSR count). The van der Waals surface area contributed by atoms with E-state index in [0.29, 0.717) is 31.7 Å². The quantitative estimate of drug-likeness (QED) is 0.350. The van der Waals surface area contributed by atoms with Crippen LogP contribution in [0, 0.1) is 6.92 Å². The number of para-hydroxylation sites is 1. The number of aromatic nitrogens is 3. The summed E-state index contributed by atoms with van der Waals surface area (Å²) in [5, 5.41) is 14.9. The third-order valence-electron chi connectivity index (χ3n) is 5.98. The third-order valence-corrected chi connectivity index (χ3v) is 7.18. The SMILES string of the molecule is COc1c(C(=O)NCc2cnc(C)cn2)sc2c1c(=O)n(CC(O)c1ccccc1)c1ccccc21. The van der Waals surface area contributed by atoms with Crippen molar-refractivity contribution in [2.45, 2.75) is 26.1 Å². The molecule has 0 fully saturated rings. The van der Waals surface area contributed by atoms with Crippen molar-refractivity contribution in [1.29, 1.82) is 0 Å². The standard InChI is InChI=1S/C27H24N4O4S/c1-16-12-29-18(13-28-16)14-30-26(33)25-23(35-2)22-24(36-25)19-10-6-7-11-20(19)31(27(22)34)15-21(32)17-8-4-3-5-9-17/h3-13,21,32H,14-15H2,1-2H3,(H,30,33). The van der Waals surface area contributed by atoms with Gasteiger partial charge in [-0.05, 0) is 18.6 Å². The summed E-state index contributed by atoms with van der Waals surface area (Å²) in [5.74, 6) is -0.143. The van der Waals surface area contributed by atoms with Crippen molar-refractivity contribution < 1.29 is 14.6 Å². The molecule has 1 atom stereocenters. The van der Waals surface area contributed by atoms with E-state index < -0.39 is 6.10 Å². The van der Waals surface area contributed by atoms with Gasteiger partial charge in [0, 0.05) is 11.6 Å². The molecule has 182 valence electrons. The van der Waals surface area contributed by atoms with Gasteiger partial charge >= 0.3 is 0 Å². The topological polar surface area (TPSA) is 106 Å². The van der Waals surface area contributed by atoms with E-state index in [9.17, 15) is 14.7 Å². The van der Waals surface area contributed by atoms with Crippen LogP contribution in [0.3, 0.4) is 0 Å². The van der Waals surface area contributed by atoms with Crippen LogP contribution in [-0.4, -0.2) is 32.7 Å². The molecule has 3 heterocycles. The molecular weight excluding hydrogens is 476 g/mol. The van der Waals surface area contributed by atoms with Crippen LogP contribution in [0.2, 0.25) is 0 Å². The Bertz CT molecular complexity index is 1610. The number of nitrogens with one attached hydrogen (secondary N) is 1. The molecule has 9 heteroatoms. The maximum atomic E-state index is 13.8. The van der Waals surface area contributed by atoms with Gasteiger partial charge in [-0.3, -0.25) is 19.6 Å². The van der Waals surface area contributed by atoms with Gasteiger partial charge in [-0.15, -0.1) is 11.3 Å². The molecule has 0 saturated heterocycles. The number of rotatable bonds is 7. The minimum atomic E-state index is -0.882. The molecule has 0 bridgehead atoms. The molecule has 5 aromatic rings. The lowest BCUT2D eigenvalue weighted by molar-refractivity contribution is 0.0952. The van der Waals surface area contributed by atoms with Crippen LogP contribution in [0.1, 0.15) is 32.7 Å². The van der Waals surface area contributed by atoms with Gasteiger partial charge in [0.1, 0.15) is 10.3 Å². The minimum Gasteiger partial charge on any atom is -0.494 e. The van der Waals surface area contributed by atoms with Crippen LogP contribution >= 0.6 is 11.3 Å². The van der Waals surface area contributed by atoms with Crippen molar-refractivity contribution in [3.63, 3.8) is 0 Å². The predicted octanol–water partition coefficient (Wildman–Crippen LogP) is 3.99. The Balaban J connectivity index is 1.59. The van der Waals surface area contributed by atoms with E-state index in [4.69, 9.17) is 4.74 Å². The van der Waals surface area contributed by atoms with E-state index in [0.717, 1.165) is 11.1 Å². The Morgan fingerprint density at radius 3 is 2.58 bits per heavy atom. The number of thiophene rings is 1. The van der Waals surface area contributed by atoms with Crippen molar-refractivity contribution in [2.75, 3.05) is 7.11 Å². The molecule has 2 N–H and O–H groups in total. The average molecular weight is 501 g/mol. The molecule has 8 nitrogen and oxygen atoms in total. The summed E-state index contributed by atoms with van der Waals surface area (Å²) >= 11 is 1.21. The zero-order valence-electron chi connectivity index (χ0n) is 19.8. The number of carbonyl (C=O) groups excluding carboxylic acids is 1. The summed E-state index contributed by atoms with van der Waals surface area (Å²) in [6.07, 6.45) is 2.37. The first kappa shape index (κ1) is 23.7.